The first kappa shape index (κ1) is 18.0. The molecule has 0 heterocycles. The second kappa shape index (κ2) is 7.05. The Labute approximate surface area is 106 Å². The van der Waals surface area contributed by atoms with Gasteiger partial charge in [-0.05, 0) is 33.8 Å². The Bertz CT molecular complexity index is 235. The fourth-order valence-electron chi connectivity index (χ4n) is 2.34. The van der Waals surface area contributed by atoms with Gasteiger partial charge in [0.2, 0.25) is 5.78 Å². The standard InChI is InChI=1S/C12H25N2O.ClH/c1-6-11(15)12(4,5)14(7-2,8-3)10-9-13;/h6H,1,7-10,13H2,2-5H3;1H/q+1;/p-1. The molecule has 0 radical (unpaired) electrons. The largest absolute Gasteiger partial charge is 1.00 e. The van der Waals surface area contributed by atoms with E-state index in [1.807, 2.05) is 13.8 Å². The zero-order valence-electron chi connectivity index (χ0n) is 10.9. The minimum Gasteiger partial charge on any atom is -1.00 e. The van der Waals surface area contributed by atoms with E-state index >= 15 is 0 Å². The molecule has 0 fully saturated rings. The average Bonchev–Trinajstić information content (AvgIpc) is 2.24. The highest BCUT2D eigenvalue weighted by molar-refractivity contribution is 5.95. The van der Waals surface area contributed by atoms with Crippen molar-refractivity contribution < 1.29 is 21.7 Å². The number of nitrogens with zero attached hydrogens (tertiary/aromatic N) is 1. The number of halogens is 1. The lowest BCUT2D eigenvalue weighted by Gasteiger charge is -2.48. The van der Waals surface area contributed by atoms with Crippen LogP contribution in [0.5, 0.6) is 0 Å². The van der Waals surface area contributed by atoms with Crippen LogP contribution in [0.25, 0.3) is 0 Å². The summed E-state index contributed by atoms with van der Waals surface area (Å²) >= 11 is 0. The fraction of sp³-hybridized carbons (Fsp3) is 0.750. The highest BCUT2D eigenvalue weighted by Crippen LogP contribution is 2.25. The minimum atomic E-state index is -0.426. The second-order valence-electron chi connectivity index (χ2n) is 4.42. The molecule has 0 aromatic carbocycles. The molecule has 0 rings (SSSR count). The summed E-state index contributed by atoms with van der Waals surface area (Å²) in [4.78, 5) is 11.9. The molecule has 0 atom stereocenters. The number of carbonyl (C=O) groups is 1. The number of rotatable bonds is 7. The van der Waals surface area contributed by atoms with Crippen molar-refractivity contribution in [2.75, 3.05) is 26.2 Å². The van der Waals surface area contributed by atoms with E-state index in [9.17, 15) is 4.79 Å². The normalized spacial score (nSPS) is 11.8. The van der Waals surface area contributed by atoms with Gasteiger partial charge in [-0.1, -0.05) is 6.58 Å². The van der Waals surface area contributed by atoms with Crippen molar-refractivity contribution in [2.24, 2.45) is 5.73 Å². The maximum atomic E-state index is 11.9. The van der Waals surface area contributed by atoms with E-state index in [1.165, 1.54) is 6.08 Å². The van der Waals surface area contributed by atoms with Crippen LogP contribution in [0.4, 0.5) is 0 Å². The molecule has 0 aliphatic carbocycles. The molecule has 0 spiro atoms. The summed E-state index contributed by atoms with van der Waals surface area (Å²) in [6, 6.07) is 0. The number of quaternary nitrogens is 1. The quantitative estimate of drug-likeness (QED) is 0.433. The van der Waals surface area contributed by atoms with Crippen LogP contribution in [0.2, 0.25) is 0 Å². The van der Waals surface area contributed by atoms with Crippen LogP contribution in [0.3, 0.4) is 0 Å². The van der Waals surface area contributed by atoms with Gasteiger partial charge in [-0.25, -0.2) is 0 Å². The first-order chi connectivity index (χ1) is 6.91. The van der Waals surface area contributed by atoms with Gasteiger partial charge in [-0.2, -0.15) is 0 Å². The lowest BCUT2D eigenvalue weighted by Crippen LogP contribution is -3.00. The van der Waals surface area contributed by atoms with Crippen molar-refractivity contribution in [3.05, 3.63) is 12.7 Å². The summed E-state index contributed by atoms with van der Waals surface area (Å²) in [5.41, 5.74) is 5.23. The van der Waals surface area contributed by atoms with Crippen molar-refractivity contribution in [1.82, 2.24) is 0 Å². The van der Waals surface area contributed by atoms with Gasteiger partial charge in [-0.3, -0.25) is 4.79 Å². The third kappa shape index (κ3) is 3.06. The maximum absolute atomic E-state index is 11.9. The van der Waals surface area contributed by atoms with Gasteiger partial charge in [0, 0.05) is 6.54 Å². The topological polar surface area (TPSA) is 43.1 Å². The molecular formula is C12H25ClN2O. The summed E-state index contributed by atoms with van der Waals surface area (Å²) in [7, 11) is 0. The summed E-state index contributed by atoms with van der Waals surface area (Å²) < 4.78 is 0.731. The molecule has 4 heteroatoms. The van der Waals surface area contributed by atoms with Crippen molar-refractivity contribution in [1.29, 1.82) is 0 Å². The van der Waals surface area contributed by atoms with E-state index in [4.69, 9.17) is 5.73 Å². The smallest absolute Gasteiger partial charge is 0.214 e. The Hall–Kier alpha value is -0.380. The number of likely N-dealkylation sites (N-methyl/N-ethyl adjacent to an activating group) is 1. The number of ketones is 1. The van der Waals surface area contributed by atoms with Crippen LogP contribution in [0.1, 0.15) is 27.7 Å². The lowest BCUT2D eigenvalue weighted by atomic mass is 9.92. The maximum Gasteiger partial charge on any atom is 0.214 e. The van der Waals surface area contributed by atoms with E-state index in [1.54, 1.807) is 0 Å². The molecular weight excluding hydrogens is 224 g/mol. The summed E-state index contributed by atoms with van der Waals surface area (Å²) in [5, 5.41) is 0. The Morgan fingerprint density at radius 3 is 2.06 bits per heavy atom. The molecule has 0 saturated heterocycles. The van der Waals surface area contributed by atoms with Crippen molar-refractivity contribution in [3.63, 3.8) is 0 Å². The summed E-state index contributed by atoms with van der Waals surface area (Å²) in [5.74, 6) is 0.0969. The molecule has 16 heavy (non-hydrogen) atoms. The van der Waals surface area contributed by atoms with Gasteiger partial charge >= 0.3 is 0 Å². The van der Waals surface area contributed by atoms with Crippen LogP contribution >= 0.6 is 0 Å². The van der Waals surface area contributed by atoms with Crippen molar-refractivity contribution in [2.45, 2.75) is 33.2 Å². The molecule has 0 amide bonds. The minimum absolute atomic E-state index is 0. The predicted molar refractivity (Wildman–Crippen MR) is 64.5 cm³/mol. The fourth-order valence-corrected chi connectivity index (χ4v) is 2.34. The van der Waals surface area contributed by atoms with Crippen LogP contribution in [0, 0.1) is 0 Å². The highest BCUT2D eigenvalue weighted by Gasteiger charge is 2.45. The molecule has 0 aromatic heterocycles. The third-order valence-electron chi connectivity index (χ3n) is 3.74. The van der Waals surface area contributed by atoms with Gasteiger partial charge in [0.05, 0.1) is 19.6 Å². The SMILES string of the molecule is C=CC(=O)C(C)(C)[N+](CC)(CC)CCN.[Cl-]. The van der Waals surface area contributed by atoms with Gasteiger partial charge in [0.1, 0.15) is 0 Å². The van der Waals surface area contributed by atoms with Crippen molar-refractivity contribution >= 4 is 5.78 Å². The molecule has 0 saturated carbocycles. The summed E-state index contributed by atoms with van der Waals surface area (Å²) in [6.45, 7) is 15.0. The molecule has 2 N–H and O–H groups in total. The average molecular weight is 249 g/mol. The molecule has 0 unspecified atom stereocenters. The van der Waals surface area contributed by atoms with Gasteiger partial charge in [0.25, 0.3) is 0 Å². The van der Waals surface area contributed by atoms with E-state index in [0.29, 0.717) is 6.54 Å². The Kier molecular flexibility index (Phi) is 7.93. The number of carbonyl (C=O) groups excluding carboxylic acids is 1. The van der Waals surface area contributed by atoms with Crippen LogP contribution in [0.15, 0.2) is 12.7 Å². The molecule has 3 nitrogen and oxygen atoms in total. The van der Waals surface area contributed by atoms with Gasteiger partial charge in [0.15, 0.2) is 5.54 Å². The van der Waals surface area contributed by atoms with E-state index in [0.717, 1.165) is 24.1 Å². The monoisotopic (exact) mass is 248 g/mol. The number of nitrogens with two attached hydrogens (primary N) is 1. The zero-order valence-corrected chi connectivity index (χ0v) is 11.7. The van der Waals surface area contributed by atoms with Gasteiger partial charge < -0.3 is 22.6 Å². The molecule has 0 bridgehead atoms. The Morgan fingerprint density at radius 1 is 1.38 bits per heavy atom. The number of hydrogen-bond acceptors (Lipinski definition) is 2. The first-order valence-corrected chi connectivity index (χ1v) is 5.65. The zero-order chi connectivity index (χ0) is 12.1. The van der Waals surface area contributed by atoms with E-state index in [2.05, 4.69) is 20.4 Å². The molecule has 96 valence electrons. The predicted octanol–water partition coefficient (Wildman–Crippen LogP) is -1.66. The first-order valence-electron chi connectivity index (χ1n) is 5.65. The second-order valence-corrected chi connectivity index (χ2v) is 4.42. The molecule has 0 aliphatic heterocycles. The number of hydrogen-bond donors (Lipinski definition) is 1. The van der Waals surface area contributed by atoms with Gasteiger partial charge in [-0.15, -0.1) is 0 Å². The van der Waals surface area contributed by atoms with E-state index < -0.39 is 5.54 Å². The van der Waals surface area contributed by atoms with Crippen molar-refractivity contribution in [3.8, 4) is 0 Å². The third-order valence-corrected chi connectivity index (χ3v) is 3.74. The lowest BCUT2D eigenvalue weighted by molar-refractivity contribution is -0.958. The summed E-state index contributed by atoms with van der Waals surface area (Å²) in [6.07, 6.45) is 1.43. The van der Waals surface area contributed by atoms with Crippen LogP contribution in [-0.2, 0) is 4.79 Å². The van der Waals surface area contributed by atoms with E-state index in [-0.39, 0.29) is 18.2 Å². The molecule has 0 aromatic rings. The highest BCUT2D eigenvalue weighted by atomic mass is 35.5. The van der Waals surface area contributed by atoms with Crippen LogP contribution in [-0.4, -0.2) is 42.0 Å². The Morgan fingerprint density at radius 2 is 1.81 bits per heavy atom. The van der Waals surface area contributed by atoms with Crippen LogP contribution < -0.4 is 18.1 Å². The molecule has 0 aliphatic rings. The Balaban J connectivity index is 0.